The molecule has 0 amide bonds. The number of halogens is 4. The van der Waals surface area contributed by atoms with E-state index in [0.29, 0.717) is 17.0 Å². The number of rotatable bonds is 3. The molecule has 0 aliphatic heterocycles. The first-order chi connectivity index (χ1) is 8.58. The van der Waals surface area contributed by atoms with Crippen molar-refractivity contribution in [3.05, 3.63) is 68.9 Å². The Hall–Kier alpha value is -0.570. The van der Waals surface area contributed by atoms with E-state index in [2.05, 4.69) is 15.9 Å². The van der Waals surface area contributed by atoms with Gasteiger partial charge in [0.25, 0.3) is 0 Å². The molecule has 0 saturated carbocycles. The molecule has 0 radical (unpaired) electrons. The third-order valence-corrected chi connectivity index (χ3v) is 3.81. The first kappa shape index (κ1) is 13.9. The minimum absolute atomic E-state index is 0.362. The van der Waals surface area contributed by atoms with Crippen LogP contribution in [-0.4, -0.2) is 0 Å². The van der Waals surface area contributed by atoms with E-state index >= 15 is 0 Å². The molecule has 0 bridgehead atoms. The van der Waals surface area contributed by atoms with Crippen molar-refractivity contribution in [1.29, 1.82) is 0 Å². The van der Waals surface area contributed by atoms with Crippen LogP contribution in [0.2, 0.25) is 5.02 Å². The topological polar surface area (TPSA) is 0 Å². The zero-order chi connectivity index (χ0) is 13.1. The average molecular weight is 348 g/mol. The molecule has 0 heterocycles. The van der Waals surface area contributed by atoms with Crippen molar-refractivity contribution in [2.75, 3.05) is 0 Å². The van der Waals surface area contributed by atoms with Gasteiger partial charge in [-0.2, -0.15) is 0 Å². The minimum Gasteiger partial charge on any atom is -0.207 e. The Labute approximate surface area is 124 Å². The number of alkyl halides is 1. The Bertz CT molecular complexity index is 537. The fourth-order valence-electron chi connectivity index (χ4n) is 1.78. The van der Waals surface area contributed by atoms with E-state index in [1.165, 1.54) is 6.07 Å². The first-order valence-electron chi connectivity index (χ1n) is 5.40. The molecule has 0 aliphatic rings. The zero-order valence-electron chi connectivity index (χ0n) is 9.34. The third-order valence-electron chi connectivity index (χ3n) is 2.62. The van der Waals surface area contributed by atoms with Crippen molar-refractivity contribution in [2.24, 2.45) is 0 Å². The van der Waals surface area contributed by atoms with Gasteiger partial charge < -0.3 is 0 Å². The molecule has 1 atom stereocenters. The van der Waals surface area contributed by atoms with Crippen molar-refractivity contribution >= 4 is 39.1 Å². The molecule has 1 unspecified atom stereocenters. The summed E-state index contributed by atoms with van der Waals surface area (Å²) in [6.45, 7) is 0. The van der Waals surface area contributed by atoms with Crippen LogP contribution in [-0.2, 0) is 6.42 Å². The maximum Gasteiger partial charge on any atom is 0.129 e. The molecule has 0 aromatic heterocycles. The lowest BCUT2D eigenvalue weighted by molar-refractivity contribution is 0.606. The van der Waals surface area contributed by atoms with Gasteiger partial charge in [0.05, 0.1) is 5.38 Å². The van der Waals surface area contributed by atoms with Gasteiger partial charge in [-0.05, 0) is 36.2 Å². The summed E-state index contributed by atoms with van der Waals surface area (Å²) in [6.07, 6.45) is 0.529. The van der Waals surface area contributed by atoms with Gasteiger partial charge in [0.2, 0.25) is 0 Å². The highest BCUT2D eigenvalue weighted by atomic mass is 79.9. The molecule has 94 valence electrons. The van der Waals surface area contributed by atoms with E-state index in [-0.39, 0.29) is 5.82 Å². The maximum absolute atomic E-state index is 13.7. The van der Waals surface area contributed by atoms with Crippen LogP contribution in [0.3, 0.4) is 0 Å². The lowest BCUT2D eigenvalue weighted by atomic mass is 10.0. The SMILES string of the molecule is Fc1cccc(Cl)c1C(Cl)Cc1cccc(Br)c1. The summed E-state index contributed by atoms with van der Waals surface area (Å²) >= 11 is 15.6. The van der Waals surface area contributed by atoms with E-state index in [0.717, 1.165) is 10.0 Å². The summed E-state index contributed by atoms with van der Waals surface area (Å²) in [5.41, 5.74) is 1.39. The summed E-state index contributed by atoms with van der Waals surface area (Å²) in [5, 5.41) is -0.113. The fourth-order valence-corrected chi connectivity index (χ4v) is 2.98. The van der Waals surface area contributed by atoms with Crippen molar-refractivity contribution in [1.82, 2.24) is 0 Å². The molecule has 0 aliphatic carbocycles. The summed E-state index contributed by atoms with van der Waals surface area (Å²) in [4.78, 5) is 0. The van der Waals surface area contributed by atoms with Gasteiger partial charge in [-0.15, -0.1) is 11.6 Å². The molecule has 2 aromatic rings. The van der Waals surface area contributed by atoms with Crippen LogP contribution in [0.15, 0.2) is 46.9 Å². The zero-order valence-corrected chi connectivity index (χ0v) is 12.4. The molecule has 2 aromatic carbocycles. The lowest BCUT2D eigenvalue weighted by Gasteiger charge is -2.13. The van der Waals surface area contributed by atoms with Crippen LogP contribution in [0.4, 0.5) is 4.39 Å². The summed E-state index contributed by atoms with van der Waals surface area (Å²) in [7, 11) is 0. The predicted octanol–water partition coefficient (Wildman–Crippen LogP) is 5.76. The normalized spacial score (nSPS) is 12.4. The standard InChI is InChI=1S/C14H10BrCl2F/c15-10-4-1-3-9(7-10)8-12(17)14-11(16)5-2-6-13(14)18/h1-7,12H,8H2. The highest BCUT2D eigenvalue weighted by Crippen LogP contribution is 2.33. The Morgan fingerprint density at radius 1 is 1.17 bits per heavy atom. The molecular weight excluding hydrogens is 338 g/mol. The van der Waals surface area contributed by atoms with Gasteiger partial charge in [0, 0.05) is 15.1 Å². The van der Waals surface area contributed by atoms with Crippen LogP contribution in [0.1, 0.15) is 16.5 Å². The molecule has 18 heavy (non-hydrogen) atoms. The van der Waals surface area contributed by atoms with Gasteiger partial charge in [-0.25, -0.2) is 4.39 Å². The molecule has 0 spiro atoms. The van der Waals surface area contributed by atoms with Crippen LogP contribution in [0.5, 0.6) is 0 Å². The molecule has 0 fully saturated rings. The molecule has 4 heteroatoms. The van der Waals surface area contributed by atoms with Crippen LogP contribution in [0.25, 0.3) is 0 Å². The number of hydrogen-bond donors (Lipinski definition) is 0. The Morgan fingerprint density at radius 3 is 2.56 bits per heavy atom. The maximum atomic E-state index is 13.7. The van der Waals surface area contributed by atoms with Crippen LogP contribution < -0.4 is 0 Å². The first-order valence-corrected chi connectivity index (χ1v) is 7.01. The second-order valence-corrected chi connectivity index (χ2v) is 5.79. The largest absolute Gasteiger partial charge is 0.207 e. The van der Waals surface area contributed by atoms with E-state index in [9.17, 15) is 4.39 Å². The number of hydrogen-bond acceptors (Lipinski definition) is 0. The highest BCUT2D eigenvalue weighted by Gasteiger charge is 2.17. The monoisotopic (exact) mass is 346 g/mol. The lowest BCUT2D eigenvalue weighted by Crippen LogP contribution is -2.00. The highest BCUT2D eigenvalue weighted by molar-refractivity contribution is 9.10. The number of benzene rings is 2. The van der Waals surface area contributed by atoms with Gasteiger partial charge in [0.1, 0.15) is 5.82 Å². The summed E-state index contributed by atoms with van der Waals surface area (Å²) in [5.74, 6) is -0.363. The smallest absolute Gasteiger partial charge is 0.129 e. The Balaban J connectivity index is 2.25. The average Bonchev–Trinajstić information content (AvgIpc) is 2.28. The van der Waals surface area contributed by atoms with E-state index in [1.54, 1.807) is 12.1 Å². The second kappa shape index (κ2) is 6.05. The molecule has 0 saturated heterocycles. The Kier molecular flexibility index (Phi) is 4.66. The quantitative estimate of drug-likeness (QED) is 0.619. The van der Waals surface area contributed by atoms with E-state index < -0.39 is 5.38 Å². The van der Waals surface area contributed by atoms with Gasteiger partial charge >= 0.3 is 0 Å². The van der Waals surface area contributed by atoms with Crippen molar-refractivity contribution in [2.45, 2.75) is 11.8 Å². The summed E-state index contributed by atoms with van der Waals surface area (Å²) < 4.78 is 14.7. The molecular formula is C14H10BrCl2F. The van der Waals surface area contributed by atoms with E-state index in [4.69, 9.17) is 23.2 Å². The van der Waals surface area contributed by atoms with Crippen LogP contribution in [0, 0.1) is 5.82 Å². The molecule has 0 N–H and O–H groups in total. The van der Waals surface area contributed by atoms with E-state index in [1.807, 2.05) is 24.3 Å². The Morgan fingerprint density at radius 2 is 1.89 bits per heavy atom. The van der Waals surface area contributed by atoms with Crippen LogP contribution >= 0.6 is 39.1 Å². The second-order valence-electron chi connectivity index (χ2n) is 3.94. The molecule has 2 rings (SSSR count). The van der Waals surface area contributed by atoms with Gasteiger partial charge in [0.15, 0.2) is 0 Å². The fraction of sp³-hybridized carbons (Fsp3) is 0.143. The van der Waals surface area contributed by atoms with Gasteiger partial charge in [-0.3, -0.25) is 0 Å². The third kappa shape index (κ3) is 3.25. The van der Waals surface area contributed by atoms with Crippen molar-refractivity contribution in [3.8, 4) is 0 Å². The summed E-state index contributed by atoms with van der Waals surface area (Å²) in [6, 6.07) is 12.4. The van der Waals surface area contributed by atoms with Crippen molar-refractivity contribution < 1.29 is 4.39 Å². The van der Waals surface area contributed by atoms with Crippen molar-refractivity contribution in [3.63, 3.8) is 0 Å². The van der Waals surface area contributed by atoms with Gasteiger partial charge in [-0.1, -0.05) is 45.7 Å². The predicted molar refractivity (Wildman–Crippen MR) is 77.9 cm³/mol. The minimum atomic E-state index is -0.479. The molecule has 0 nitrogen and oxygen atoms in total.